The minimum atomic E-state index is -4.84. The molecule has 0 saturated carbocycles. The molecule has 1 heterocycles. The molecule has 28 heavy (non-hydrogen) atoms. The Hall–Kier alpha value is -2.36. The molecule has 0 saturated heterocycles. The number of hydrogen-bond donors (Lipinski definition) is 0. The molecular formula is C19H18F3NO4S. The van der Waals surface area contributed by atoms with Crippen LogP contribution in [-0.2, 0) is 21.3 Å². The Kier molecular flexibility index (Phi) is 6.07. The highest BCUT2D eigenvalue weighted by Gasteiger charge is 2.33. The molecule has 0 radical (unpaired) electrons. The van der Waals surface area contributed by atoms with Crippen molar-refractivity contribution in [2.24, 2.45) is 0 Å². The van der Waals surface area contributed by atoms with Gasteiger partial charge in [0, 0.05) is 6.54 Å². The number of benzene rings is 2. The van der Waals surface area contributed by atoms with Crippen LogP contribution in [0.2, 0.25) is 0 Å². The van der Waals surface area contributed by atoms with Crippen molar-refractivity contribution in [3.05, 3.63) is 72.3 Å². The standard InChI is InChI=1S/C19H18F3NO4S/c20-19(21,22)27-17-8-10-18(11-9-17)28(24,25)23(16-7-4-12-26-14-16)13-15-5-2-1-3-6-15/h1-11,16H,12-14H2. The fourth-order valence-electron chi connectivity index (χ4n) is 2.80. The van der Waals surface area contributed by atoms with Crippen molar-refractivity contribution in [1.82, 2.24) is 4.31 Å². The van der Waals surface area contributed by atoms with Gasteiger partial charge in [-0.3, -0.25) is 0 Å². The summed E-state index contributed by atoms with van der Waals surface area (Å²) in [6.07, 6.45) is -1.35. The van der Waals surface area contributed by atoms with Crippen LogP contribution in [0.3, 0.4) is 0 Å². The van der Waals surface area contributed by atoms with Crippen LogP contribution in [0, 0.1) is 0 Å². The van der Waals surface area contributed by atoms with Gasteiger partial charge in [0.1, 0.15) is 5.75 Å². The Balaban J connectivity index is 1.91. The highest BCUT2D eigenvalue weighted by molar-refractivity contribution is 7.89. The lowest BCUT2D eigenvalue weighted by molar-refractivity contribution is -0.274. The summed E-state index contributed by atoms with van der Waals surface area (Å²) in [4.78, 5) is -0.128. The molecule has 0 bridgehead atoms. The van der Waals surface area contributed by atoms with Crippen LogP contribution in [0.4, 0.5) is 13.2 Å². The van der Waals surface area contributed by atoms with Gasteiger partial charge in [0.25, 0.3) is 0 Å². The molecule has 0 N–H and O–H groups in total. The summed E-state index contributed by atoms with van der Waals surface area (Å²) < 4.78 is 73.8. The zero-order chi connectivity index (χ0) is 20.2. The maximum atomic E-state index is 13.2. The lowest BCUT2D eigenvalue weighted by atomic mass is 10.2. The average Bonchev–Trinajstić information content (AvgIpc) is 2.67. The number of hydrogen-bond acceptors (Lipinski definition) is 4. The zero-order valence-electron chi connectivity index (χ0n) is 14.7. The van der Waals surface area contributed by atoms with Gasteiger partial charge in [0.2, 0.25) is 10.0 Å². The minimum Gasteiger partial charge on any atom is -0.406 e. The first-order valence-electron chi connectivity index (χ1n) is 8.42. The van der Waals surface area contributed by atoms with Crippen molar-refractivity contribution in [2.45, 2.75) is 23.8 Å². The van der Waals surface area contributed by atoms with Gasteiger partial charge in [-0.05, 0) is 29.8 Å². The quantitative estimate of drug-likeness (QED) is 0.678. The van der Waals surface area contributed by atoms with E-state index in [2.05, 4.69) is 4.74 Å². The summed E-state index contributed by atoms with van der Waals surface area (Å²) >= 11 is 0. The Morgan fingerprint density at radius 2 is 1.75 bits per heavy atom. The van der Waals surface area contributed by atoms with E-state index in [4.69, 9.17) is 4.74 Å². The molecule has 1 unspecified atom stereocenters. The molecule has 5 nitrogen and oxygen atoms in total. The van der Waals surface area contributed by atoms with E-state index in [1.807, 2.05) is 6.07 Å². The Morgan fingerprint density at radius 1 is 1.07 bits per heavy atom. The minimum absolute atomic E-state index is 0.0995. The van der Waals surface area contributed by atoms with Gasteiger partial charge in [-0.1, -0.05) is 42.5 Å². The molecule has 0 fully saturated rings. The van der Waals surface area contributed by atoms with Crippen molar-refractivity contribution >= 4 is 10.0 Å². The van der Waals surface area contributed by atoms with Crippen LogP contribution in [0.15, 0.2) is 71.6 Å². The highest BCUT2D eigenvalue weighted by Crippen LogP contribution is 2.27. The fraction of sp³-hybridized carbons (Fsp3) is 0.263. The summed E-state index contributed by atoms with van der Waals surface area (Å²) in [5.74, 6) is -0.484. The van der Waals surface area contributed by atoms with Gasteiger partial charge in [0.05, 0.1) is 24.2 Å². The van der Waals surface area contributed by atoms with E-state index < -0.39 is 28.2 Å². The van der Waals surface area contributed by atoms with E-state index in [9.17, 15) is 21.6 Å². The van der Waals surface area contributed by atoms with E-state index in [0.717, 1.165) is 29.8 Å². The number of nitrogens with zero attached hydrogens (tertiary/aromatic N) is 1. The Labute approximate surface area is 161 Å². The lowest BCUT2D eigenvalue weighted by Gasteiger charge is -2.30. The summed E-state index contributed by atoms with van der Waals surface area (Å²) in [5.41, 5.74) is 0.780. The summed E-state index contributed by atoms with van der Waals surface area (Å²) in [7, 11) is -3.99. The lowest BCUT2D eigenvalue weighted by Crippen LogP contribution is -2.42. The fourth-order valence-corrected chi connectivity index (χ4v) is 4.35. The molecule has 9 heteroatoms. The second-order valence-corrected chi connectivity index (χ2v) is 7.98. The third-order valence-corrected chi connectivity index (χ3v) is 5.96. The first-order chi connectivity index (χ1) is 13.3. The molecule has 150 valence electrons. The number of halogens is 3. The third-order valence-electron chi connectivity index (χ3n) is 4.08. The van der Waals surface area contributed by atoms with Crippen LogP contribution in [0.25, 0.3) is 0 Å². The van der Waals surface area contributed by atoms with Crippen LogP contribution >= 0.6 is 0 Å². The van der Waals surface area contributed by atoms with E-state index in [0.29, 0.717) is 6.61 Å². The molecular weight excluding hydrogens is 395 g/mol. The second kappa shape index (κ2) is 8.34. The molecule has 0 amide bonds. The number of ether oxygens (including phenoxy) is 2. The SMILES string of the molecule is O=S(=O)(c1ccc(OC(F)(F)F)cc1)N(Cc1ccccc1)C1C=CCOC1. The number of sulfonamides is 1. The predicted molar refractivity (Wildman–Crippen MR) is 96.0 cm³/mol. The van der Waals surface area contributed by atoms with Crippen LogP contribution in [-0.4, -0.2) is 38.3 Å². The van der Waals surface area contributed by atoms with Crippen LogP contribution in [0.1, 0.15) is 5.56 Å². The maximum absolute atomic E-state index is 13.2. The van der Waals surface area contributed by atoms with Gasteiger partial charge in [-0.2, -0.15) is 4.31 Å². The third kappa shape index (κ3) is 5.12. The molecule has 0 spiro atoms. The molecule has 1 aliphatic heterocycles. The van der Waals surface area contributed by atoms with Crippen LogP contribution in [0.5, 0.6) is 5.75 Å². The van der Waals surface area contributed by atoms with Gasteiger partial charge >= 0.3 is 6.36 Å². The normalized spacial score (nSPS) is 17.6. The van der Waals surface area contributed by atoms with Gasteiger partial charge in [0.15, 0.2) is 0 Å². The first kappa shape index (κ1) is 20.4. The number of alkyl halides is 3. The molecule has 2 aromatic carbocycles. The van der Waals surface area contributed by atoms with Crippen molar-refractivity contribution in [1.29, 1.82) is 0 Å². The summed E-state index contributed by atoms with van der Waals surface area (Å²) in [5, 5.41) is 0. The van der Waals surface area contributed by atoms with Gasteiger partial charge in [-0.25, -0.2) is 8.42 Å². The van der Waals surface area contributed by atoms with E-state index in [1.54, 1.807) is 36.4 Å². The Bertz CT molecular complexity index is 912. The number of rotatable bonds is 6. The van der Waals surface area contributed by atoms with Crippen molar-refractivity contribution in [3.8, 4) is 5.75 Å². The van der Waals surface area contributed by atoms with Gasteiger partial charge in [-0.15, -0.1) is 13.2 Å². The predicted octanol–water partition coefficient (Wildman–Crippen LogP) is 3.73. The summed E-state index contributed by atoms with van der Waals surface area (Å²) in [6, 6.07) is 12.7. The van der Waals surface area contributed by atoms with E-state index in [-0.39, 0.29) is 18.0 Å². The largest absolute Gasteiger partial charge is 0.573 e. The molecule has 1 atom stereocenters. The van der Waals surface area contributed by atoms with Crippen LogP contribution < -0.4 is 4.74 Å². The Morgan fingerprint density at radius 3 is 2.32 bits per heavy atom. The smallest absolute Gasteiger partial charge is 0.406 e. The van der Waals surface area contributed by atoms with Crippen molar-refractivity contribution < 1.29 is 31.1 Å². The van der Waals surface area contributed by atoms with E-state index >= 15 is 0 Å². The van der Waals surface area contributed by atoms with Crippen molar-refractivity contribution in [2.75, 3.05) is 13.2 Å². The monoisotopic (exact) mass is 413 g/mol. The highest BCUT2D eigenvalue weighted by atomic mass is 32.2. The molecule has 3 rings (SSSR count). The molecule has 2 aromatic rings. The second-order valence-electron chi connectivity index (χ2n) is 6.09. The maximum Gasteiger partial charge on any atom is 0.573 e. The molecule has 0 aromatic heterocycles. The zero-order valence-corrected chi connectivity index (χ0v) is 15.5. The molecule has 0 aliphatic carbocycles. The van der Waals surface area contributed by atoms with Crippen molar-refractivity contribution in [3.63, 3.8) is 0 Å². The first-order valence-corrected chi connectivity index (χ1v) is 9.86. The summed E-state index contributed by atoms with van der Waals surface area (Å²) in [6.45, 7) is 0.694. The average molecular weight is 413 g/mol. The molecule has 1 aliphatic rings. The van der Waals surface area contributed by atoms with Gasteiger partial charge < -0.3 is 9.47 Å². The topological polar surface area (TPSA) is 55.8 Å². The van der Waals surface area contributed by atoms with E-state index in [1.165, 1.54) is 4.31 Å².